The van der Waals surface area contributed by atoms with Crippen molar-refractivity contribution >= 4 is 92.9 Å². The molecule has 2 aromatic carbocycles. The number of carbonyl (C=O) groups is 4. The SMILES string of the molecule is C.C.COC(=O)c1cc(Cc2cc(C(=O)NCc3ccc(N)nc3C)ccn2)cc2cc(Cl)cnc12.COC(=O)c1cc(Cc2cc(C(=O)O)ccn2)cc2cc(Cl)cnc12.Cc1nc(N)ccc1CN.Cl. The molecule has 0 atom stereocenters. The number of amides is 1. The zero-order valence-electron chi connectivity index (χ0n) is 38.2. The number of nitrogens with zero attached hydrogens (tertiary/aromatic N) is 6. The molecule has 376 valence electrons. The van der Waals surface area contributed by atoms with Crippen LogP contribution in [0.4, 0.5) is 11.6 Å². The number of halogens is 3. The Labute approximate surface area is 433 Å². The van der Waals surface area contributed by atoms with Crippen LogP contribution in [0, 0.1) is 13.8 Å². The number of pyridine rings is 6. The Kier molecular flexibility index (Phi) is 21.9. The number of anilines is 2. The highest BCUT2D eigenvalue weighted by molar-refractivity contribution is 6.31. The van der Waals surface area contributed by atoms with Crippen LogP contribution in [-0.2, 0) is 35.4 Å². The first-order chi connectivity index (χ1) is 33.0. The third kappa shape index (κ3) is 15.3. The van der Waals surface area contributed by atoms with Gasteiger partial charge in [0.1, 0.15) is 11.6 Å². The zero-order valence-corrected chi connectivity index (χ0v) is 40.5. The second kappa shape index (κ2) is 27.0. The van der Waals surface area contributed by atoms with Crippen molar-refractivity contribution in [1.82, 2.24) is 35.2 Å². The molecular weight excluding hydrogens is 983 g/mol. The second-order valence-corrected chi connectivity index (χ2v) is 16.2. The number of rotatable bonds is 11. The molecule has 20 heteroatoms. The molecule has 1 amide bonds. The van der Waals surface area contributed by atoms with Crippen LogP contribution in [0.3, 0.4) is 0 Å². The normalized spacial score (nSPS) is 10.2. The average Bonchev–Trinajstić information content (AvgIpc) is 3.33. The van der Waals surface area contributed by atoms with E-state index in [4.69, 9.17) is 55.0 Å². The molecule has 6 aromatic heterocycles. The molecule has 0 saturated heterocycles. The van der Waals surface area contributed by atoms with Crippen molar-refractivity contribution in [3.8, 4) is 0 Å². The summed E-state index contributed by atoms with van der Waals surface area (Å²) in [5.74, 6) is -1.26. The molecule has 0 aliphatic rings. The van der Waals surface area contributed by atoms with Gasteiger partial charge in [-0.15, -0.1) is 12.4 Å². The summed E-state index contributed by atoms with van der Waals surface area (Å²) in [6.45, 7) is 4.60. The number of hydrogen-bond acceptors (Lipinski definition) is 15. The van der Waals surface area contributed by atoms with Gasteiger partial charge in [-0.3, -0.25) is 24.7 Å². The molecule has 6 heterocycles. The van der Waals surface area contributed by atoms with Crippen LogP contribution in [0.15, 0.2) is 110 Å². The third-order valence-corrected chi connectivity index (χ3v) is 10.8. The number of ether oxygens (including phenoxy) is 2. The van der Waals surface area contributed by atoms with Crippen molar-refractivity contribution in [2.75, 3.05) is 25.7 Å². The maximum atomic E-state index is 12.7. The van der Waals surface area contributed by atoms with E-state index >= 15 is 0 Å². The molecule has 0 aliphatic heterocycles. The van der Waals surface area contributed by atoms with Crippen molar-refractivity contribution in [2.45, 2.75) is 54.6 Å². The average molecular weight is 1040 g/mol. The second-order valence-electron chi connectivity index (χ2n) is 15.3. The van der Waals surface area contributed by atoms with Crippen molar-refractivity contribution in [3.05, 3.63) is 187 Å². The minimum absolute atomic E-state index is 0. The van der Waals surface area contributed by atoms with E-state index in [0.717, 1.165) is 33.6 Å². The number of nitrogen functional groups attached to an aromatic ring is 2. The van der Waals surface area contributed by atoms with Crippen LogP contribution in [0.5, 0.6) is 0 Å². The van der Waals surface area contributed by atoms with E-state index in [1.54, 1.807) is 54.7 Å². The maximum absolute atomic E-state index is 12.7. The van der Waals surface area contributed by atoms with Gasteiger partial charge in [0.2, 0.25) is 0 Å². The fraction of sp³-hybridized carbons (Fsp3) is 0.192. The summed E-state index contributed by atoms with van der Waals surface area (Å²) in [5, 5.41) is 14.3. The van der Waals surface area contributed by atoms with Gasteiger partial charge < -0.3 is 37.1 Å². The van der Waals surface area contributed by atoms with Crippen molar-refractivity contribution in [2.24, 2.45) is 5.73 Å². The van der Waals surface area contributed by atoms with Gasteiger partial charge >= 0.3 is 17.9 Å². The Morgan fingerprint density at radius 3 is 1.50 bits per heavy atom. The topological polar surface area (TPSA) is 274 Å². The Balaban J connectivity index is 0.000000316. The Hall–Kier alpha value is -7.83. The van der Waals surface area contributed by atoms with Gasteiger partial charge in [-0.2, -0.15) is 0 Å². The predicted molar refractivity (Wildman–Crippen MR) is 284 cm³/mol. The number of hydrogen-bond donors (Lipinski definition) is 5. The summed E-state index contributed by atoms with van der Waals surface area (Å²) in [6.07, 6.45) is 6.73. The molecule has 0 bridgehead atoms. The van der Waals surface area contributed by atoms with Gasteiger partial charge in [0.05, 0.1) is 52.0 Å². The molecule has 72 heavy (non-hydrogen) atoms. The number of aromatic carboxylic acids is 1. The van der Waals surface area contributed by atoms with Crippen LogP contribution in [0.1, 0.15) is 101 Å². The number of benzene rings is 2. The first-order valence-electron chi connectivity index (χ1n) is 20.9. The molecule has 0 saturated carbocycles. The molecule has 17 nitrogen and oxygen atoms in total. The summed E-state index contributed by atoms with van der Waals surface area (Å²) in [4.78, 5) is 73.5. The van der Waals surface area contributed by atoms with Gasteiger partial charge in [-0.05, 0) is 109 Å². The molecule has 0 fully saturated rings. The van der Waals surface area contributed by atoms with Crippen LogP contribution in [-0.4, -0.2) is 73.0 Å². The summed E-state index contributed by atoms with van der Waals surface area (Å²) in [7, 11) is 2.62. The van der Waals surface area contributed by atoms with Gasteiger partial charge in [-0.1, -0.05) is 50.2 Å². The minimum Gasteiger partial charge on any atom is -0.478 e. The highest BCUT2D eigenvalue weighted by Crippen LogP contribution is 2.26. The van der Waals surface area contributed by atoms with Gasteiger partial charge in [-0.25, -0.2) is 24.4 Å². The van der Waals surface area contributed by atoms with E-state index < -0.39 is 17.9 Å². The summed E-state index contributed by atoms with van der Waals surface area (Å²) in [6, 6.07) is 24.1. The molecule has 0 aliphatic carbocycles. The monoisotopic (exact) mass is 1040 g/mol. The Bertz CT molecular complexity index is 3230. The van der Waals surface area contributed by atoms with E-state index in [0.29, 0.717) is 97.5 Å². The molecule has 0 spiro atoms. The predicted octanol–water partition coefficient (Wildman–Crippen LogP) is 9.36. The van der Waals surface area contributed by atoms with Crippen molar-refractivity contribution < 1.29 is 33.8 Å². The zero-order chi connectivity index (χ0) is 49.8. The maximum Gasteiger partial charge on any atom is 0.340 e. The highest BCUT2D eigenvalue weighted by atomic mass is 35.5. The van der Waals surface area contributed by atoms with Crippen LogP contribution in [0.25, 0.3) is 21.8 Å². The number of aryl methyl sites for hydroxylation is 2. The Morgan fingerprint density at radius 1 is 0.625 bits per heavy atom. The highest BCUT2D eigenvalue weighted by Gasteiger charge is 2.17. The fourth-order valence-electron chi connectivity index (χ4n) is 7.05. The number of aromatic nitrogens is 6. The summed E-state index contributed by atoms with van der Waals surface area (Å²) < 4.78 is 9.74. The van der Waals surface area contributed by atoms with Gasteiger partial charge in [0.15, 0.2) is 0 Å². The first kappa shape index (κ1) is 58.5. The Morgan fingerprint density at radius 2 is 1.07 bits per heavy atom. The lowest BCUT2D eigenvalue weighted by Crippen LogP contribution is -2.23. The third-order valence-electron chi connectivity index (χ3n) is 10.4. The largest absolute Gasteiger partial charge is 0.478 e. The molecule has 8 N–H and O–H groups in total. The van der Waals surface area contributed by atoms with E-state index in [9.17, 15) is 19.2 Å². The van der Waals surface area contributed by atoms with E-state index in [1.807, 2.05) is 38.1 Å². The molecule has 8 aromatic rings. The fourth-order valence-corrected chi connectivity index (χ4v) is 7.38. The van der Waals surface area contributed by atoms with Crippen LogP contribution < -0.4 is 22.5 Å². The number of carbonyl (C=O) groups excluding carboxylic acids is 3. The molecule has 8 rings (SSSR count). The number of esters is 2. The molecule has 0 unspecified atom stereocenters. The number of carboxylic acid groups (broad SMARTS) is 1. The number of fused-ring (bicyclic) bond motifs is 2. The number of nitrogens with one attached hydrogen (secondary N) is 1. The lowest BCUT2D eigenvalue weighted by atomic mass is 10.0. The standard InChI is InChI=1S/C25H22ClN5O3.C18H13ClN2O4.C7H11N3.2CH4.ClH/c1-14-17(3-4-22(27)31-14)12-30-24(32)16-5-6-28-20(11-16)8-15-7-18-10-19(26)13-29-23(18)21(9-15)25(33)34-2;1-25-18(24)15-6-10(4-12-7-13(19)9-21-16(12)15)5-14-8-11(17(22)23)2-3-20-14;1-5-6(4-8)2-3-7(9)10-5;;;/h3-7,9-11,13H,8,12H2,1-2H3,(H2,27,31)(H,30,32);2-4,6-9H,5H2,1H3,(H,22,23);2-3H,4,8H2,1H3,(H2,9,10);2*1H4;1H. The van der Waals surface area contributed by atoms with Gasteiger partial charge in [0, 0.05) is 89.8 Å². The smallest absolute Gasteiger partial charge is 0.340 e. The van der Waals surface area contributed by atoms with Crippen molar-refractivity contribution in [1.29, 1.82) is 0 Å². The molecular formula is C52H55Cl3N10O7. The van der Waals surface area contributed by atoms with Crippen LogP contribution in [0.2, 0.25) is 10.0 Å². The minimum atomic E-state index is -1.02. The summed E-state index contributed by atoms with van der Waals surface area (Å²) >= 11 is 12.1. The number of methoxy groups -OCH3 is 2. The summed E-state index contributed by atoms with van der Waals surface area (Å²) in [5.41, 5.74) is 25.3. The lowest BCUT2D eigenvalue weighted by molar-refractivity contribution is 0.0593. The van der Waals surface area contributed by atoms with E-state index in [2.05, 4.69) is 35.2 Å². The lowest BCUT2D eigenvalue weighted by Gasteiger charge is -2.10. The van der Waals surface area contributed by atoms with E-state index in [1.165, 1.54) is 44.9 Å². The molecule has 0 radical (unpaired) electrons. The number of nitrogens with two attached hydrogens (primary N) is 3. The van der Waals surface area contributed by atoms with Crippen molar-refractivity contribution in [3.63, 3.8) is 0 Å². The quantitative estimate of drug-likeness (QED) is 0.0755. The van der Waals surface area contributed by atoms with Crippen LogP contribution >= 0.6 is 35.6 Å². The number of carboxylic acids is 1. The first-order valence-corrected chi connectivity index (χ1v) is 21.7. The van der Waals surface area contributed by atoms with Gasteiger partial charge in [0.25, 0.3) is 5.91 Å². The van der Waals surface area contributed by atoms with E-state index in [-0.39, 0.29) is 38.7 Å².